The van der Waals surface area contributed by atoms with Gasteiger partial charge in [-0.3, -0.25) is 9.59 Å². The highest BCUT2D eigenvalue weighted by atomic mass is 35.5. The van der Waals surface area contributed by atoms with E-state index in [2.05, 4.69) is 0 Å². The van der Waals surface area contributed by atoms with Crippen molar-refractivity contribution in [2.45, 2.75) is 23.8 Å². The van der Waals surface area contributed by atoms with Crippen LogP contribution >= 0.6 is 23.2 Å². The van der Waals surface area contributed by atoms with E-state index in [0.29, 0.717) is 22.9 Å². The number of imide groups is 1. The van der Waals surface area contributed by atoms with E-state index < -0.39 is 27.9 Å². The van der Waals surface area contributed by atoms with E-state index >= 15 is 0 Å². The lowest BCUT2D eigenvalue weighted by Crippen LogP contribution is -2.46. The van der Waals surface area contributed by atoms with Crippen LogP contribution in [0.15, 0.2) is 65.6 Å². The number of halogens is 2. The van der Waals surface area contributed by atoms with Crippen LogP contribution < -0.4 is 19.1 Å². The number of anilines is 1. The molecule has 1 fully saturated rings. The van der Waals surface area contributed by atoms with Crippen molar-refractivity contribution in [2.75, 3.05) is 32.8 Å². The lowest BCUT2D eigenvalue weighted by molar-refractivity contribution is -0.122. The van der Waals surface area contributed by atoms with Crippen molar-refractivity contribution >= 4 is 50.7 Å². The minimum absolute atomic E-state index is 0.0562. The third-order valence-corrected chi connectivity index (χ3v) is 8.97. The Kier molecular flexibility index (Phi) is 8.70. The second-order valence-electron chi connectivity index (χ2n) is 8.62. The van der Waals surface area contributed by atoms with Gasteiger partial charge in [0.25, 0.3) is 5.91 Å². The molecule has 0 aliphatic carbocycles. The molecule has 2 amide bonds. The molecule has 1 unspecified atom stereocenters. The molecule has 1 atom stereocenters. The predicted octanol–water partition coefficient (Wildman–Crippen LogP) is 4.58. The number of amides is 2. The third kappa shape index (κ3) is 5.84. The van der Waals surface area contributed by atoms with Gasteiger partial charge in [-0.15, -0.1) is 0 Å². The standard InChI is InChI=1S/C27H26Cl2N2O7S/c1-36-20-8-6-19(7-9-20)31-26(32)16-22(27(31)33)30(39(34,35)25-15-18(28)5-10-21(25)29)13-12-17-4-11-23(37-2)24(14-17)38-3/h4-11,14-15,22H,12-13,16H2,1-3H3. The molecule has 39 heavy (non-hydrogen) atoms. The first-order chi connectivity index (χ1) is 18.6. The number of benzene rings is 3. The van der Waals surface area contributed by atoms with Gasteiger partial charge in [0.1, 0.15) is 16.7 Å². The maximum absolute atomic E-state index is 14.0. The number of hydrogen-bond acceptors (Lipinski definition) is 7. The second kappa shape index (κ2) is 11.8. The molecule has 1 aliphatic rings. The van der Waals surface area contributed by atoms with Gasteiger partial charge >= 0.3 is 0 Å². The molecule has 3 aromatic rings. The number of methoxy groups -OCH3 is 3. The summed E-state index contributed by atoms with van der Waals surface area (Å²) in [6.07, 6.45) is -0.132. The van der Waals surface area contributed by atoms with Crippen molar-refractivity contribution in [1.29, 1.82) is 0 Å². The molecule has 1 saturated heterocycles. The summed E-state index contributed by atoms with van der Waals surface area (Å²) in [6, 6.07) is 14.3. The van der Waals surface area contributed by atoms with E-state index in [-0.39, 0.29) is 34.3 Å². The van der Waals surface area contributed by atoms with Gasteiger partial charge in [-0.1, -0.05) is 29.3 Å². The molecule has 0 spiro atoms. The van der Waals surface area contributed by atoms with Gasteiger partial charge in [-0.05, 0) is 66.6 Å². The fourth-order valence-corrected chi connectivity index (χ4v) is 6.68. The summed E-state index contributed by atoms with van der Waals surface area (Å²) in [5, 5.41) is 0.103. The van der Waals surface area contributed by atoms with Crippen LogP contribution in [0, 0.1) is 0 Å². The first-order valence-electron chi connectivity index (χ1n) is 11.8. The Morgan fingerprint density at radius 2 is 1.59 bits per heavy atom. The summed E-state index contributed by atoms with van der Waals surface area (Å²) in [5.41, 5.74) is 1.04. The maximum Gasteiger partial charge on any atom is 0.252 e. The number of hydrogen-bond donors (Lipinski definition) is 0. The number of carbonyl (C=O) groups excluding carboxylic acids is 2. The van der Waals surface area contributed by atoms with Crippen LogP contribution in [0.2, 0.25) is 10.0 Å². The minimum atomic E-state index is -4.37. The summed E-state index contributed by atoms with van der Waals surface area (Å²) in [7, 11) is 0.140. The Morgan fingerprint density at radius 3 is 2.23 bits per heavy atom. The van der Waals surface area contributed by atoms with Crippen LogP contribution in [-0.2, 0) is 26.0 Å². The van der Waals surface area contributed by atoms with Gasteiger partial charge < -0.3 is 14.2 Å². The Bertz CT molecular complexity index is 1500. The summed E-state index contributed by atoms with van der Waals surface area (Å²) in [5.74, 6) is 0.338. The highest BCUT2D eigenvalue weighted by Crippen LogP contribution is 2.34. The molecule has 4 rings (SSSR count). The molecule has 1 heterocycles. The number of nitrogens with zero attached hydrogens (tertiary/aromatic N) is 2. The molecule has 1 aliphatic heterocycles. The molecule has 0 radical (unpaired) electrons. The largest absolute Gasteiger partial charge is 0.497 e. The van der Waals surface area contributed by atoms with Crippen molar-refractivity contribution in [3.63, 3.8) is 0 Å². The highest BCUT2D eigenvalue weighted by Gasteiger charge is 2.47. The number of sulfonamides is 1. The molecule has 0 saturated carbocycles. The molecule has 12 heteroatoms. The molecule has 206 valence electrons. The molecular weight excluding hydrogens is 567 g/mol. The Hall–Kier alpha value is -3.31. The Labute approximate surface area is 236 Å². The van der Waals surface area contributed by atoms with E-state index in [0.717, 1.165) is 14.8 Å². The van der Waals surface area contributed by atoms with Gasteiger partial charge in [-0.2, -0.15) is 4.31 Å². The number of ether oxygens (including phenoxy) is 3. The van der Waals surface area contributed by atoms with Gasteiger partial charge in [0.2, 0.25) is 15.9 Å². The zero-order chi connectivity index (χ0) is 28.3. The molecule has 0 bridgehead atoms. The van der Waals surface area contributed by atoms with Gasteiger partial charge in [0.15, 0.2) is 11.5 Å². The first kappa shape index (κ1) is 28.7. The van der Waals surface area contributed by atoms with Crippen molar-refractivity contribution in [1.82, 2.24) is 4.31 Å². The summed E-state index contributed by atoms with van der Waals surface area (Å²) < 4.78 is 44.7. The van der Waals surface area contributed by atoms with E-state index in [1.807, 2.05) is 0 Å². The van der Waals surface area contributed by atoms with Crippen LogP contribution in [0.3, 0.4) is 0 Å². The summed E-state index contributed by atoms with van der Waals surface area (Å²) in [4.78, 5) is 27.4. The summed E-state index contributed by atoms with van der Waals surface area (Å²) >= 11 is 12.4. The van der Waals surface area contributed by atoms with Crippen molar-refractivity contribution in [3.05, 3.63) is 76.3 Å². The Morgan fingerprint density at radius 1 is 0.897 bits per heavy atom. The lowest BCUT2D eigenvalue weighted by Gasteiger charge is -2.27. The van der Waals surface area contributed by atoms with Crippen LogP contribution in [0.5, 0.6) is 17.2 Å². The fourth-order valence-electron chi connectivity index (χ4n) is 4.36. The molecule has 3 aromatic carbocycles. The zero-order valence-corrected chi connectivity index (χ0v) is 23.7. The van der Waals surface area contributed by atoms with Gasteiger partial charge in [0.05, 0.1) is 38.5 Å². The van der Waals surface area contributed by atoms with Crippen LogP contribution in [-0.4, -0.2) is 58.5 Å². The first-order valence-corrected chi connectivity index (χ1v) is 14.0. The van der Waals surface area contributed by atoms with E-state index in [4.69, 9.17) is 37.4 Å². The number of carbonyl (C=O) groups is 2. The lowest BCUT2D eigenvalue weighted by atomic mass is 10.1. The van der Waals surface area contributed by atoms with Crippen molar-refractivity contribution in [3.8, 4) is 17.2 Å². The molecule has 0 aromatic heterocycles. The van der Waals surface area contributed by atoms with Crippen LogP contribution in [0.25, 0.3) is 0 Å². The van der Waals surface area contributed by atoms with E-state index in [1.165, 1.54) is 39.5 Å². The van der Waals surface area contributed by atoms with Crippen LogP contribution in [0.1, 0.15) is 12.0 Å². The zero-order valence-electron chi connectivity index (χ0n) is 21.4. The molecule has 0 N–H and O–H groups in total. The fraction of sp³-hybridized carbons (Fsp3) is 0.259. The van der Waals surface area contributed by atoms with Crippen molar-refractivity contribution in [2.24, 2.45) is 0 Å². The monoisotopic (exact) mass is 592 g/mol. The van der Waals surface area contributed by atoms with Gasteiger partial charge in [-0.25, -0.2) is 13.3 Å². The Balaban J connectivity index is 1.72. The molecular formula is C27H26Cl2N2O7S. The van der Waals surface area contributed by atoms with E-state index in [9.17, 15) is 18.0 Å². The second-order valence-corrected chi connectivity index (χ2v) is 11.3. The summed E-state index contributed by atoms with van der Waals surface area (Å²) in [6.45, 7) is -0.124. The van der Waals surface area contributed by atoms with Gasteiger partial charge in [0, 0.05) is 11.6 Å². The minimum Gasteiger partial charge on any atom is -0.497 e. The SMILES string of the molecule is COc1ccc(N2C(=O)CC(N(CCc3ccc(OC)c(OC)c3)S(=O)(=O)c3cc(Cl)ccc3Cl)C2=O)cc1. The third-order valence-electron chi connectivity index (χ3n) is 6.35. The van der Waals surface area contributed by atoms with Crippen LogP contribution in [0.4, 0.5) is 5.69 Å². The topological polar surface area (TPSA) is 102 Å². The average Bonchev–Trinajstić information content (AvgIpc) is 3.22. The number of rotatable bonds is 10. The predicted molar refractivity (Wildman–Crippen MR) is 147 cm³/mol. The quantitative estimate of drug-likeness (QED) is 0.317. The maximum atomic E-state index is 14.0. The van der Waals surface area contributed by atoms with Crippen molar-refractivity contribution < 1.29 is 32.2 Å². The molecule has 9 nitrogen and oxygen atoms in total. The average molecular weight is 593 g/mol. The highest BCUT2D eigenvalue weighted by molar-refractivity contribution is 7.89. The smallest absolute Gasteiger partial charge is 0.252 e. The van der Waals surface area contributed by atoms with E-state index in [1.54, 1.807) is 42.5 Å². The normalized spacial score (nSPS) is 15.6.